The van der Waals surface area contributed by atoms with Crippen LogP contribution in [0.5, 0.6) is 5.75 Å². The molecule has 0 aliphatic heterocycles. The molecule has 0 radical (unpaired) electrons. The quantitative estimate of drug-likeness (QED) is 0.356. The van der Waals surface area contributed by atoms with Gasteiger partial charge in [0.25, 0.3) is 0 Å². The molecule has 0 unspecified atom stereocenters. The number of methoxy groups -OCH3 is 1. The van der Waals surface area contributed by atoms with E-state index >= 15 is 0 Å². The van der Waals surface area contributed by atoms with E-state index in [2.05, 4.69) is 36.2 Å². The van der Waals surface area contributed by atoms with Crippen LogP contribution in [0.25, 0.3) is 16.9 Å². The van der Waals surface area contributed by atoms with Crippen LogP contribution in [0.4, 0.5) is 0 Å². The molecule has 0 aliphatic rings. The zero-order valence-electron chi connectivity index (χ0n) is 13.9. The second kappa shape index (κ2) is 6.27. The van der Waals surface area contributed by atoms with Crippen molar-refractivity contribution in [2.45, 2.75) is 20.0 Å². The van der Waals surface area contributed by atoms with Crippen LogP contribution in [0, 0.1) is 0 Å². The van der Waals surface area contributed by atoms with Crippen molar-refractivity contribution in [3.8, 4) is 11.6 Å². The number of hydrogen-bond donors (Lipinski definition) is 0. The molecule has 2 aromatic heterocycles. The van der Waals surface area contributed by atoms with Gasteiger partial charge in [-0.2, -0.15) is 0 Å². The van der Waals surface area contributed by atoms with E-state index in [1.807, 2.05) is 24.5 Å². The van der Waals surface area contributed by atoms with Crippen molar-refractivity contribution in [1.29, 1.82) is 0 Å². The predicted octanol–water partition coefficient (Wildman–Crippen LogP) is 2.49. The molecule has 0 saturated carbocycles. The van der Waals surface area contributed by atoms with Gasteiger partial charge in [-0.25, -0.2) is 0 Å². The van der Waals surface area contributed by atoms with Crippen LogP contribution in [0.1, 0.15) is 0 Å². The second-order valence-corrected chi connectivity index (χ2v) is 21.3. The molecule has 0 fully saturated rings. The van der Waals surface area contributed by atoms with Gasteiger partial charge in [0.2, 0.25) is 0 Å². The van der Waals surface area contributed by atoms with Crippen LogP contribution in [0.2, 0.25) is 14.8 Å². The Morgan fingerprint density at radius 1 is 1.13 bits per heavy atom. The number of benzene rings is 1. The Morgan fingerprint density at radius 3 is 2.57 bits per heavy atom. The minimum atomic E-state index is -2.31. The summed E-state index contributed by atoms with van der Waals surface area (Å²) in [6.45, 7) is 0. The van der Waals surface area contributed by atoms with Gasteiger partial charge in [0.05, 0.1) is 0 Å². The van der Waals surface area contributed by atoms with Gasteiger partial charge in [-0.1, -0.05) is 0 Å². The third kappa shape index (κ3) is 3.30. The molecule has 8 heteroatoms. The fraction of sp³-hybridized carbons (Fsp3) is 0.333. The first-order valence-corrected chi connectivity index (χ1v) is 18.5. The van der Waals surface area contributed by atoms with Crippen molar-refractivity contribution < 1.29 is 4.74 Å². The number of ether oxygens (including phenoxy) is 1. The van der Waals surface area contributed by atoms with E-state index in [1.165, 1.54) is 3.71 Å². The Balaban J connectivity index is 2.18. The van der Waals surface area contributed by atoms with Gasteiger partial charge < -0.3 is 0 Å². The molecule has 120 valence electrons. The van der Waals surface area contributed by atoms with Crippen molar-refractivity contribution in [3.05, 3.63) is 24.3 Å². The van der Waals surface area contributed by atoms with Crippen LogP contribution >= 0.6 is 11.8 Å². The fourth-order valence-electron chi connectivity index (χ4n) is 2.20. The van der Waals surface area contributed by atoms with E-state index in [0.29, 0.717) is 0 Å². The predicted molar refractivity (Wildman–Crippen MR) is 95.8 cm³/mol. The molecule has 0 amide bonds. The molecule has 0 spiro atoms. The van der Waals surface area contributed by atoms with Crippen molar-refractivity contribution >= 4 is 44.9 Å². The van der Waals surface area contributed by atoms with Gasteiger partial charge in [0, 0.05) is 0 Å². The summed E-state index contributed by atoms with van der Waals surface area (Å²) in [4.78, 5) is 16.3. The zero-order valence-corrected chi connectivity index (χ0v) is 17.5. The molecule has 0 saturated heterocycles. The Hall–Kier alpha value is -1.35. The Bertz CT molecular complexity index is 859. The maximum atomic E-state index is 5.24. The molecular weight excluding hydrogens is 417 g/mol. The minimum absolute atomic E-state index is 0.767. The summed E-state index contributed by atoms with van der Waals surface area (Å²) < 4.78 is 8.20. The maximum absolute atomic E-state index is 5.24. The second-order valence-electron chi connectivity index (χ2n) is 6.20. The Kier molecular flexibility index (Phi) is 4.50. The van der Waals surface area contributed by atoms with Crippen molar-refractivity contribution in [3.63, 3.8) is 0 Å². The van der Waals surface area contributed by atoms with Gasteiger partial charge in [-0.3, -0.25) is 0 Å². The average Bonchev–Trinajstić information content (AvgIpc) is 2.96. The topological polar surface area (TPSA) is 65.7 Å². The van der Waals surface area contributed by atoms with E-state index < -0.39 is 18.4 Å². The van der Waals surface area contributed by atoms with E-state index in [-0.39, 0.29) is 0 Å². The number of nitrogens with zero attached hydrogens (tertiary/aromatic N) is 5. The standard InChI is InChI=1S/C12H10N5OS.3CH3.Sn/c1-18-8-3-4-10-9(7-8)15-16-17(10)11-5-6-13-12(14-11)19-2;;;;/h3-5,7H,1-2H3;3*1H3;. The van der Waals surface area contributed by atoms with Crippen LogP contribution in [0.3, 0.4) is 0 Å². The van der Waals surface area contributed by atoms with Gasteiger partial charge >= 0.3 is 144 Å². The van der Waals surface area contributed by atoms with Gasteiger partial charge in [0.1, 0.15) is 0 Å². The number of rotatable bonds is 4. The third-order valence-electron chi connectivity index (χ3n) is 3.51. The van der Waals surface area contributed by atoms with Gasteiger partial charge in [0.15, 0.2) is 0 Å². The molecular formula is C15H19N5OSSn. The summed E-state index contributed by atoms with van der Waals surface area (Å²) in [5.41, 5.74) is 1.70. The summed E-state index contributed by atoms with van der Waals surface area (Å²) in [6.07, 6.45) is 1.99. The first-order valence-electron chi connectivity index (χ1n) is 7.26. The number of aromatic nitrogens is 5. The molecule has 0 aliphatic carbocycles. The normalized spacial score (nSPS) is 11.9. The summed E-state index contributed by atoms with van der Waals surface area (Å²) in [7, 11) is 1.64. The fourth-order valence-corrected chi connectivity index (χ4v) is 5.67. The Labute approximate surface area is 143 Å². The van der Waals surface area contributed by atoms with E-state index in [0.717, 1.165) is 27.8 Å². The van der Waals surface area contributed by atoms with E-state index in [1.54, 1.807) is 23.6 Å². The molecule has 23 heavy (non-hydrogen) atoms. The molecule has 3 rings (SSSR count). The summed E-state index contributed by atoms with van der Waals surface area (Å²) >= 11 is -0.762. The van der Waals surface area contributed by atoms with Gasteiger partial charge in [-0.15, -0.1) is 0 Å². The van der Waals surface area contributed by atoms with Gasteiger partial charge in [-0.05, 0) is 0 Å². The first-order chi connectivity index (χ1) is 10.9. The van der Waals surface area contributed by atoms with Crippen molar-refractivity contribution in [1.82, 2.24) is 25.0 Å². The summed E-state index contributed by atoms with van der Waals surface area (Å²) in [5, 5.41) is 9.29. The van der Waals surface area contributed by atoms with Crippen LogP contribution < -0.4 is 8.45 Å². The van der Waals surface area contributed by atoms with Crippen molar-refractivity contribution in [2.75, 3.05) is 13.4 Å². The third-order valence-corrected chi connectivity index (χ3v) is 9.18. The SMILES string of the molecule is COc1ccc2c(c1)nnn2-c1c[c]([Sn]([CH3])([CH3])[CH3])nc(SC)n1. The van der Waals surface area contributed by atoms with E-state index in [9.17, 15) is 0 Å². The molecule has 0 atom stereocenters. The number of hydrogen-bond acceptors (Lipinski definition) is 6. The molecule has 2 heterocycles. The monoisotopic (exact) mass is 437 g/mol. The van der Waals surface area contributed by atoms with Crippen LogP contribution in [-0.2, 0) is 0 Å². The number of thioether (sulfide) groups is 1. The Morgan fingerprint density at radius 2 is 1.91 bits per heavy atom. The summed E-state index contributed by atoms with van der Waals surface area (Å²) in [6, 6.07) is 7.80. The molecule has 6 nitrogen and oxygen atoms in total. The number of fused-ring (bicyclic) bond motifs is 1. The van der Waals surface area contributed by atoms with Crippen LogP contribution in [0.15, 0.2) is 29.4 Å². The molecule has 1 aromatic carbocycles. The van der Waals surface area contributed by atoms with Crippen LogP contribution in [-0.4, -0.2) is 56.7 Å². The molecule has 0 N–H and O–H groups in total. The average molecular weight is 436 g/mol. The molecule has 3 aromatic rings. The summed E-state index contributed by atoms with van der Waals surface area (Å²) in [5.74, 6) is 1.54. The first kappa shape index (κ1) is 16.5. The molecule has 0 bridgehead atoms. The van der Waals surface area contributed by atoms with E-state index in [4.69, 9.17) is 9.72 Å². The van der Waals surface area contributed by atoms with Crippen molar-refractivity contribution in [2.24, 2.45) is 0 Å². The zero-order chi connectivity index (χ0) is 16.6.